The Bertz CT molecular complexity index is 829. The van der Waals surface area contributed by atoms with E-state index >= 15 is 0 Å². The fourth-order valence-electron chi connectivity index (χ4n) is 2.49. The van der Waals surface area contributed by atoms with Gasteiger partial charge in [0, 0.05) is 9.75 Å². The molecule has 0 unspecified atom stereocenters. The van der Waals surface area contributed by atoms with E-state index in [0.717, 1.165) is 10.4 Å². The van der Waals surface area contributed by atoms with E-state index in [2.05, 4.69) is 50.2 Å². The highest BCUT2D eigenvalue weighted by Gasteiger charge is 2.08. The summed E-state index contributed by atoms with van der Waals surface area (Å²) in [5.41, 5.74) is 3.79. The summed E-state index contributed by atoms with van der Waals surface area (Å²) in [6.45, 7) is 4.38. The normalized spacial score (nSPS) is 10.9. The van der Waals surface area contributed by atoms with Crippen molar-refractivity contribution in [3.8, 4) is 20.9 Å². The molecule has 23 heavy (non-hydrogen) atoms. The Hall–Kier alpha value is -2.39. The Balaban J connectivity index is 1.91. The van der Waals surface area contributed by atoms with Gasteiger partial charge in [-0.2, -0.15) is 0 Å². The van der Waals surface area contributed by atoms with Crippen LogP contribution in [0.15, 0.2) is 60.7 Å². The summed E-state index contributed by atoms with van der Waals surface area (Å²) in [5.74, 6) is -0.366. The average Bonchev–Trinajstić information content (AvgIpc) is 3.05. The first-order chi connectivity index (χ1) is 11.0. The first-order valence-electron chi connectivity index (χ1n) is 7.58. The smallest absolute Gasteiger partial charge is 0.335 e. The highest BCUT2D eigenvalue weighted by Crippen LogP contribution is 2.35. The molecule has 0 radical (unpaired) electrons. The van der Waals surface area contributed by atoms with Crippen LogP contribution in [0.5, 0.6) is 0 Å². The van der Waals surface area contributed by atoms with E-state index in [1.54, 1.807) is 29.5 Å². The van der Waals surface area contributed by atoms with E-state index in [9.17, 15) is 4.79 Å². The maximum atomic E-state index is 11.1. The lowest BCUT2D eigenvalue weighted by Crippen LogP contribution is -1.95. The van der Waals surface area contributed by atoms with Gasteiger partial charge in [0.1, 0.15) is 0 Å². The summed E-state index contributed by atoms with van der Waals surface area (Å²) >= 11 is 1.68. The van der Waals surface area contributed by atoms with Crippen molar-refractivity contribution in [1.29, 1.82) is 0 Å². The minimum Gasteiger partial charge on any atom is -0.478 e. The number of thiophene rings is 1. The van der Waals surface area contributed by atoms with E-state index < -0.39 is 5.97 Å². The lowest BCUT2D eigenvalue weighted by Gasteiger charge is -2.05. The lowest BCUT2D eigenvalue weighted by molar-refractivity contribution is 0.0697. The fraction of sp³-hybridized carbons (Fsp3) is 0.150. The molecule has 0 fully saturated rings. The SMILES string of the molecule is CC(C)c1ccc(-c2ccc(-c3cccc(C(=O)O)c3)s2)cc1. The highest BCUT2D eigenvalue weighted by molar-refractivity contribution is 7.18. The topological polar surface area (TPSA) is 37.3 Å². The molecule has 0 aliphatic heterocycles. The number of carbonyl (C=O) groups is 1. The van der Waals surface area contributed by atoms with Gasteiger partial charge in [-0.05, 0) is 46.9 Å². The standard InChI is InChI=1S/C20H18O2S/c1-13(2)14-6-8-15(9-7-14)18-10-11-19(23-18)16-4-3-5-17(12-16)20(21)22/h3-13H,1-2H3,(H,21,22). The second-order valence-electron chi connectivity index (χ2n) is 5.83. The molecule has 0 atom stereocenters. The quantitative estimate of drug-likeness (QED) is 0.649. The third-order valence-electron chi connectivity index (χ3n) is 3.86. The summed E-state index contributed by atoms with van der Waals surface area (Å²) in [5, 5.41) is 9.11. The molecule has 1 heterocycles. The third kappa shape index (κ3) is 3.35. The summed E-state index contributed by atoms with van der Waals surface area (Å²) in [4.78, 5) is 13.4. The number of benzene rings is 2. The molecular formula is C20H18O2S. The monoisotopic (exact) mass is 322 g/mol. The summed E-state index contributed by atoms with van der Waals surface area (Å²) in [6.07, 6.45) is 0. The Morgan fingerprint density at radius 2 is 1.57 bits per heavy atom. The van der Waals surface area contributed by atoms with Gasteiger partial charge in [-0.1, -0.05) is 50.2 Å². The average molecular weight is 322 g/mol. The van der Waals surface area contributed by atoms with Crippen molar-refractivity contribution in [2.24, 2.45) is 0 Å². The number of rotatable bonds is 4. The minimum atomic E-state index is -0.895. The molecule has 2 aromatic carbocycles. The van der Waals surface area contributed by atoms with E-state index in [1.165, 1.54) is 16.0 Å². The van der Waals surface area contributed by atoms with Crippen molar-refractivity contribution >= 4 is 17.3 Å². The molecule has 116 valence electrons. The molecule has 0 saturated heterocycles. The van der Waals surface area contributed by atoms with Crippen molar-refractivity contribution in [2.45, 2.75) is 19.8 Å². The zero-order chi connectivity index (χ0) is 16.4. The molecule has 0 bridgehead atoms. The molecule has 0 spiro atoms. The minimum absolute atomic E-state index is 0.318. The first kappa shape index (κ1) is 15.5. The van der Waals surface area contributed by atoms with Crippen LogP contribution in [0.3, 0.4) is 0 Å². The van der Waals surface area contributed by atoms with Gasteiger partial charge in [0.2, 0.25) is 0 Å². The van der Waals surface area contributed by atoms with E-state index in [1.807, 2.05) is 6.07 Å². The predicted octanol–water partition coefficient (Wildman–Crippen LogP) is 5.90. The second kappa shape index (κ2) is 6.39. The van der Waals surface area contributed by atoms with Gasteiger partial charge in [-0.15, -0.1) is 11.3 Å². The maximum Gasteiger partial charge on any atom is 0.335 e. The van der Waals surface area contributed by atoms with Crippen LogP contribution in [0.1, 0.15) is 35.7 Å². The van der Waals surface area contributed by atoms with Crippen LogP contribution in [0, 0.1) is 0 Å². The van der Waals surface area contributed by atoms with Gasteiger partial charge in [0.15, 0.2) is 0 Å². The number of hydrogen-bond donors (Lipinski definition) is 1. The molecule has 3 heteroatoms. The van der Waals surface area contributed by atoms with Crippen LogP contribution >= 0.6 is 11.3 Å². The van der Waals surface area contributed by atoms with Crippen molar-refractivity contribution in [2.75, 3.05) is 0 Å². The molecule has 2 nitrogen and oxygen atoms in total. The Morgan fingerprint density at radius 3 is 2.17 bits per heavy atom. The molecule has 0 amide bonds. The number of aromatic carboxylic acids is 1. The molecule has 3 aromatic rings. The van der Waals surface area contributed by atoms with E-state index in [4.69, 9.17) is 5.11 Å². The highest BCUT2D eigenvalue weighted by atomic mass is 32.1. The zero-order valence-corrected chi connectivity index (χ0v) is 13.9. The summed E-state index contributed by atoms with van der Waals surface area (Å²) < 4.78 is 0. The van der Waals surface area contributed by atoms with Crippen molar-refractivity contribution in [3.63, 3.8) is 0 Å². The van der Waals surface area contributed by atoms with Gasteiger partial charge in [0.05, 0.1) is 5.56 Å². The Morgan fingerprint density at radius 1 is 0.913 bits per heavy atom. The van der Waals surface area contributed by atoms with Crippen LogP contribution in [0.25, 0.3) is 20.9 Å². The number of carboxylic acids is 1. The van der Waals surface area contributed by atoms with Crippen molar-refractivity contribution in [1.82, 2.24) is 0 Å². The van der Waals surface area contributed by atoms with Crippen molar-refractivity contribution in [3.05, 3.63) is 71.8 Å². The molecule has 0 aliphatic carbocycles. The van der Waals surface area contributed by atoms with Crippen LogP contribution < -0.4 is 0 Å². The molecular weight excluding hydrogens is 304 g/mol. The lowest BCUT2D eigenvalue weighted by atomic mass is 10.0. The van der Waals surface area contributed by atoms with Gasteiger partial charge in [-0.25, -0.2) is 4.79 Å². The number of hydrogen-bond acceptors (Lipinski definition) is 2. The van der Waals surface area contributed by atoms with Crippen LogP contribution in [-0.2, 0) is 0 Å². The third-order valence-corrected chi connectivity index (χ3v) is 5.05. The fourth-order valence-corrected chi connectivity index (χ4v) is 3.49. The first-order valence-corrected chi connectivity index (χ1v) is 8.40. The molecule has 3 rings (SSSR count). The predicted molar refractivity (Wildman–Crippen MR) is 96.2 cm³/mol. The summed E-state index contributed by atoms with van der Waals surface area (Å²) in [6, 6.07) is 19.9. The molecule has 0 aliphatic rings. The number of carboxylic acid groups (broad SMARTS) is 1. The van der Waals surface area contributed by atoms with Gasteiger partial charge in [-0.3, -0.25) is 0 Å². The van der Waals surface area contributed by atoms with Crippen molar-refractivity contribution < 1.29 is 9.90 Å². The van der Waals surface area contributed by atoms with Crippen LogP contribution in [0.4, 0.5) is 0 Å². The van der Waals surface area contributed by atoms with Gasteiger partial charge < -0.3 is 5.11 Å². The van der Waals surface area contributed by atoms with Gasteiger partial charge in [0.25, 0.3) is 0 Å². The molecule has 1 N–H and O–H groups in total. The van der Waals surface area contributed by atoms with Crippen LogP contribution in [0.2, 0.25) is 0 Å². The largest absolute Gasteiger partial charge is 0.478 e. The second-order valence-corrected chi connectivity index (χ2v) is 6.91. The molecule has 0 saturated carbocycles. The van der Waals surface area contributed by atoms with E-state index in [0.29, 0.717) is 11.5 Å². The summed E-state index contributed by atoms with van der Waals surface area (Å²) in [7, 11) is 0. The maximum absolute atomic E-state index is 11.1. The van der Waals surface area contributed by atoms with E-state index in [-0.39, 0.29) is 0 Å². The zero-order valence-electron chi connectivity index (χ0n) is 13.1. The Labute approximate surface area is 140 Å². The van der Waals surface area contributed by atoms with Crippen LogP contribution in [-0.4, -0.2) is 11.1 Å². The van der Waals surface area contributed by atoms with Gasteiger partial charge >= 0.3 is 5.97 Å². The molecule has 1 aromatic heterocycles. The Kier molecular flexibility index (Phi) is 4.30.